The second-order valence-corrected chi connectivity index (χ2v) is 1.71. The molecule has 0 atom stereocenters. The Balaban J connectivity index is 2.34. The smallest absolute Gasteiger partial charge is 0.145 e. The van der Waals surface area contributed by atoms with E-state index in [9.17, 15) is 0 Å². The van der Waals surface area contributed by atoms with Crippen LogP contribution in [0.4, 0.5) is 0 Å². The summed E-state index contributed by atoms with van der Waals surface area (Å²) in [5.74, 6) is 0. The van der Waals surface area contributed by atoms with E-state index in [0.717, 1.165) is 30.1 Å². The Bertz CT molecular complexity index is 22.8. The molecule has 0 bridgehead atoms. The summed E-state index contributed by atoms with van der Waals surface area (Å²) in [5, 5.41) is 0. The van der Waals surface area contributed by atoms with Gasteiger partial charge in [-0.3, -0.25) is 0 Å². The molecule has 0 radical (unpaired) electrons. The largest absolute Gasteiger partial charge is 0.428 e. The molecule has 0 saturated heterocycles. The third-order valence-corrected chi connectivity index (χ3v) is 0.961. The van der Waals surface area contributed by atoms with Crippen LogP contribution < -0.4 is 5.73 Å². The number of rotatable bonds is 3. The van der Waals surface area contributed by atoms with E-state index in [4.69, 9.17) is 10.2 Å². The Labute approximate surface area is 41.2 Å². The molecule has 0 heterocycles. The standard InChI is InChI=1S/C3H11NOSi/c4-2-1-3-5-6/h1-4H2,6H3. The van der Waals surface area contributed by atoms with Gasteiger partial charge in [0.25, 0.3) is 0 Å². The lowest BCUT2D eigenvalue weighted by molar-refractivity contribution is 0.344. The molecule has 0 aliphatic rings. The fraction of sp³-hybridized carbons (Fsp3) is 1.00. The van der Waals surface area contributed by atoms with Crippen molar-refractivity contribution >= 4 is 10.5 Å². The van der Waals surface area contributed by atoms with Crippen LogP contribution in [-0.2, 0) is 4.43 Å². The van der Waals surface area contributed by atoms with E-state index in [2.05, 4.69) is 0 Å². The first-order chi connectivity index (χ1) is 2.91. The van der Waals surface area contributed by atoms with Crippen LogP contribution >= 0.6 is 0 Å². The van der Waals surface area contributed by atoms with Crippen LogP contribution in [0.25, 0.3) is 0 Å². The van der Waals surface area contributed by atoms with Crippen LogP contribution in [-0.4, -0.2) is 23.6 Å². The van der Waals surface area contributed by atoms with Gasteiger partial charge in [-0.1, -0.05) is 0 Å². The summed E-state index contributed by atoms with van der Waals surface area (Å²) in [7, 11) is 0.848. The molecule has 3 heteroatoms. The zero-order valence-corrected chi connectivity index (χ0v) is 6.11. The molecule has 0 rings (SSSR count). The van der Waals surface area contributed by atoms with Crippen LogP contribution in [0.1, 0.15) is 6.42 Å². The summed E-state index contributed by atoms with van der Waals surface area (Å²) >= 11 is 0. The molecule has 0 aliphatic carbocycles. The molecule has 0 aromatic heterocycles. The maximum atomic E-state index is 5.15. The third kappa shape index (κ3) is 4.14. The summed E-state index contributed by atoms with van der Waals surface area (Å²) in [6.07, 6.45) is 1.00. The van der Waals surface area contributed by atoms with Gasteiger partial charge in [0.15, 0.2) is 0 Å². The van der Waals surface area contributed by atoms with Crippen molar-refractivity contribution in [3.05, 3.63) is 0 Å². The molecule has 0 unspecified atom stereocenters. The Morgan fingerprint density at radius 2 is 2.33 bits per heavy atom. The van der Waals surface area contributed by atoms with E-state index in [-0.39, 0.29) is 0 Å². The van der Waals surface area contributed by atoms with Gasteiger partial charge in [-0.2, -0.15) is 0 Å². The molecule has 38 valence electrons. The lowest BCUT2D eigenvalue weighted by atomic mass is 10.5. The van der Waals surface area contributed by atoms with Crippen molar-refractivity contribution in [1.82, 2.24) is 0 Å². The Morgan fingerprint density at radius 1 is 1.67 bits per heavy atom. The second-order valence-electron chi connectivity index (χ2n) is 1.14. The quantitative estimate of drug-likeness (QED) is 0.355. The highest BCUT2D eigenvalue weighted by atomic mass is 28.2. The molecule has 2 nitrogen and oxygen atoms in total. The van der Waals surface area contributed by atoms with Gasteiger partial charge in [-0.15, -0.1) is 0 Å². The Hall–Kier alpha value is 0.137. The Kier molecular flexibility index (Phi) is 5.25. The van der Waals surface area contributed by atoms with Crippen LogP contribution in [0.3, 0.4) is 0 Å². The zero-order valence-electron chi connectivity index (χ0n) is 4.11. The van der Waals surface area contributed by atoms with Gasteiger partial charge < -0.3 is 10.2 Å². The van der Waals surface area contributed by atoms with Crippen molar-refractivity contribution in [2.75, 3.05) is 13.2 Å². The summed E-state index contributed by atoms with van der Waals surface area (Å²) < 4.78 is 4.84. The first-order valence-electron chi connectivity index (χ1n) is 2.11. The summed E-state index contributed by atoms with van der Waals surface area (Å²) in [6, 6.07) is 0. The van der Waals surface area contributed by atoms with Gasteiger partial charge in [0.2, 0.25) is 0 Å². The topological polar surface area (TPSA) is 35.2 Å². The number of nitrogens with two attached hydrogens (primary N) is 1. The lowest BCUT2D eigenvalue weighted by Gasteiger charge is -1.90. The predicted octanol–water partition coefficient (Wildman–Crippen LogP) is -1.37. The van der Waals surface area contributed by atoms with Gasteiger partial charge >= 0.3 is 0 Å². The highest BCUT2D eigenvalue weighted by Crippen LogP contribution is 1.70. The maximum Gasteiger partial charge on any atom is 0.145 e. The predicted molar refractivity (Wildman–Crippen MR) is 29.6 cm³/mol. The van der Waals surface area contributed by atoms with Crippen molar-refractivity contribution in [1.29, 1.82) is 0 Å². The minimum atomic E-state index is 0.752. The molecular weight excluding hydrogens is 94.1 g/mol. The van der Waals surface area contributed by atoms with Gasteiger partial charge in [0.1, 0.15) is 10.5 Å². The number of hydrogen-bond donors (Lipinski definition) is 1. The molecule has 0 saturated carbocycles. The molecule has 6 heavy (non-hydrogen) atoms. The van der Waals surface area contributed by atoms with Crippen LogP contribution in [0.15, 0.2) is 0 Å². The Morgan fingerprint density at radius 3 is 2.50 bits per heavy atom. The highest BCUT2D eigenvalue weighted by molar-refractivity contribution is 5.97. The van der Waals surface area contributed by atoms with Gasteiger partial charge in [-0.05, 0) is 13.0 Å². The fourth-order valence-corrected chi connectivity index (χ4v) is 0.516. The first-order valence-corrected chi connectivity index (χ1v) is 2.92. The van der Waals surface area contributed by atoms with Crippen LogP contribution in [0.2, 0.25) is 0 Å². The maximum absolute atomic E-state index is 5.15. The minimum Gasteiger partial charge on any atom is -0.428 e. The molecular formula is C3H11NOSi. The van der Waals surface area contributed by atoms with Crippen molar-refractivity contribution in [3.8, 4) is 0 Å². The average molecular weight is 105 g/mol. The molecule has 0 spiro atoms. The molecule has 0 aliphatic heterocycles. The third-order valence-electron chi connectivity index (χ3n) is 0.553. The van der Waals surface area contributed by atoms with E-state index in [0.29, 0.717) is 0 Å². The van der Waals surface area contributed by atoms with Crippen molar-refractivity contribution in [2.24, 2.45) is 5.73 Å². The summed E-state index contributed by atoms with van der Waals surface area (Å²) in [4.78, 5) is 0. The monoisotopic (exact) mass is 105 g/mol. The molecule has 2 N–H and O–H groups in total. The van der Waals surface area contributed by atoms with Gasteiger partial charge in [-0.25, -0.2) is 0 Å². The average Bonchev–Trinajstić information content (AvgIpc) is 1.61. The van der Waals surface area contributed by atoms with Crippen LogP contribution in [0, 0.1) is 0 Å². The molecule has 0 aromatic carbocycles. The zero-order chi connectivity index (χ0) is 4.83. The van der Waals surface area contributed by atoms with Crippen molar-refractivity contribution < 1.29 is 4.43 Å². The van der Waals surface area contributed by atoms with E-state index in [1.165, 1.54) is 0 Å². The molecule has 0 fully saturated rings. The SMILES string of the molecule is NCCCO[SiH3]. The second kappa shape index (κ2) is 5.14. The molecule has 0 amide bonds. The van der Waals surface area contributed by atoms with Crippen molar-refractivity contribution in [3.63, 3.8) is 0 Å². The van der Waals surface area contributed by atoms with E-state index in [1.54, 1.807) is 0 Å². The van der Waals surface area contributed by atoms with E-state index in [1.807, 2.05) is 0 Å². The first kappa shape index (κ1) is 6.14. The van der Waals surface area contributed by atoms with E-state index < -0.39 is 0 Å². The number of hydrogen-bond acceptors (Lipinski definition) is 2. The molecule has 0 aromatic rings. The van der Waals surface area contributed by atoms with Crippen molar-refractivity contribution in [2.45, 2.75) is 6.42 Å². The fourth-order valence-electron chi connectivity index (χ4n) is 0.228. The lowest BCUT2D eigenvalue weighted by Crippen LogP contribution is -2.02. The summed E-state index contributed by atoms with van der Waals surface area (Å²) in [5.41, 5.74) is 5.15. The van der Waals surface area contributed by atoms with Gasteiger partial charge in [0.05, 0.1) is 0 Å². The highest BCUT2D eigenvalue weighted by Gasteiger charge is 1.74. The normalized spacial score (nSPS) is 9.50. The van der Waals surface area contributed by atoms with Crippen LogP contribution in [0.5, 0.6) is 0 Å². The van der Waals surface area contributed by atoms with E-state index >= 15 is 0 Å². The van der Waals surface area contributed by atoms with Gasteiger partial charge in [0, 0.05) is 6.61 Å². The minimum absolute atomic E-state index is 0.752. The summed E-state index contributed by atoms with van der Waals surface area (Å²) in [6.45, 7) is 1.60.